The van der Waals surface area contributed by atoms with Crippen molar-refractivity contribution in [3.05, 3.63) is 35.5 Å². The number of carbonyl (C=O) groups excluding carboxylic acids is 1. The van der Waals surface area contributed by atoms with Crippen molar-refractivity contribution < 1.29 is 4.79 Å². The van der Waals surface area contributed by atoms with E-state index in [-0.39, 0.29) is 11.3 Å². The smallest absolute Gasteiger partial charge is 0.234 e. The molecule has 0 unspecified atom stereocenters. The molecule has 154 valence electrons. The number of aliphatic imine (C=N–C) groups is 1. The molecule has 30 heavy (non-hydrogen) atoms. The first-order valence-electron chi connectivity index (χ1n) is 10.9. The number of rotatable bonds is 3. The second-order valence-electron chi connectivity index (χ2n) is 9.12. The zero-order chi connectivity index (χ0) is 20.3. The second kappa shape index (κ2) is 6.52. The Morgan fingerprint density at radius 3 is 2.83 bits per heavy atom. The molecule has 0 bridgehead atoms. The minimum absolute atomic E-state index is 0.214. The molecule has 1 spiro atoms. The normalized spacial score (nSPS) is 21.7. The highest BCUT2D eigenvalue weighted by molar-refractivity contribution is 6.02. The predicted molar refractivity (Wildman–Crippen MR) is 118 cm³/mol. The molecule has 4 aliphatic rings. The Morgan fingerprint density at radius 2 is 2.03 bits per heavy atom. The SMILES string of the molecule is CN1C(=O)C2(CC2)CN(C2CCCC2)c2nc(Nc3ccc4c(c3)C=NC4)ncc21. The average Bonchev–Trinajstić information content (AvgIpc) is 3.16. The fourth-order valence-electron chi connectivity index (χ4n) is 5.16. The molecule has 2 aliphatic carbocycles. The standard InChI is InChI=1S/C23H26N6O/c1-28-19-13-25-22(26-17-7-6-15-11-24-12-16(15)10-17)27-20(19)29(18-4-2-3-5-18)14-23(8-9-23)21(28)30/h6-7,10,12-13,18H,2-5,8-9,11,14H2,1H3,(H,25,26,27). The van der Waals surface area contributed by atoms with Crippen molar-refractivity contribution in [1.82, 2.24) is 9.97 Å². The summed E-state index contributed by atoms with van der Waals surface area (Å²) < 4.78 is 0. The lowest BCUT2D eigenvalue weighted by molar-refractivity contribution is -0.122. The number of carbonyl (C=O) groups is 1. The van der Waals surface area contributed by atoms with Crippen LogP contribution in [0.4, 0.5) is 23.1 Å². The molecule has 0 radical (unpaired) electrons. The van der Waals surface area contributed by atoms with E-state index < -0.39 is 0 Å². The summed E-state index contributed by atoms with van der Waals surface area (Å²) >= 11 is 0. The van der Waals surface area contributed by atoms with Gasteiger partial charge in [0.25, 0.3) is 0 Å². The number of benzene rings is 1. The first-order chi connectivity index (χ1) is 14.6. The molecule has 1 aromatic carbocycles. The highest BCUT2D eigenvalue weighted by atomic mass is 16.2. The van der Waals surface area contributed by atoms with Crippen LogP contribution in [0.1, 0.15) is 49.7 Å². The van der Waals surface area contributed by atoms with Gasteiger partial charge in [0.1, 0.15) is 5.69 Å². The van der Waals surface area contributed by atoms with E-state index in [9.17, 15) is 4.79 Å². The Hall–Kier alpha value is -2.96. The molecular weight excluding hydrogens is 376 g/mol. The molecule has 2 aromatic rings. The lowest BCUT2D eigenvalue weighted by Crippen LogP contribution is -2.41. The quantitative estimate of drug-likeness (QED) is 0.848. The number of fused-ring (bicyclic) bond motifs is 2. The number of nitrogens with one attached hydrogen (secondary N) is 1. The van der Waals surface area contributed by atoms with Gasteiger partial charge in [-0.05, 0) is 48.9 Å². The Kier molecular flexibility index (Phi) is 3.88. The summed E-state index contributed by atoms with van der Waals surface area (Å²) in [6.07, 6.45) is 10.5. The van der Waals surface area contributed by atoms with Crippen LogP contribution in [0.15, 0.2) is 29.4 Å². The fraction of sp³-hybridized carbons (Fsp3) is 0.478. The highest BCUT2D eigenvalue weighted by Crippen LogP contribution is 2.52. The molecular formula is C23H26N6O. The summed E-state index contributed by atoms with van der Waals surface area (Å²) in [6.45, 7) is 1.53. The van der Waals surface area contributed by atoms with Gasteiger partial charge in [0.15, 0.2) is 5.82 Å². The minimum atomic E-state index is -0.231. The van der Waals surface area contributed by atoms with E-state index in [0.717, 1.165) is 48.7 Å². The monoisotopic (exact) mass is 402 g/mol. The zero-order valence-corrected chi connectivity index (χ0v) is 17.3. The van der Waals surface area contributed by atoms with Gasteiger partial charge in [0.05, 0.1) is 18.2 Å². The van der Waals surface area contributed by atoms with Crippen LogP contribution in [0.3, 0.4) is 0 Å². The topological polar surface area (TPSA) is 73.7 Å². The number of hydrogen-bond donors (Lipinski definition) is 1. The van der Waals surface area contributed by atoms with E-state index in [1.54, 1.807) is 11.1 Å². The highest BCUT2D eigenvalue weighted by Gasteiger charge is 2.55. The van der Waals surface area contributed by atoms with E-state index >= 15 is 0 Å². The number of amides is 1. The van der Waals surface area contributed by atoms with Crippen LogP contribution in [-0.2, 0) is 11.3 Å². The molecule has 2 aliphatic heterocycles. The molecule has 1 aromatic heterocycles. The molecule has 3 heterocycles. The Morgan fingerprint density at radius 1 is 1.20 bits per heavy atom. The zero-order valence-electron chi connectivity index (χ0n) is 17.3. The summed E-state index contributed by atoms with van der Waals surface area (Å²) in [5, 5.41) is 3.36. The summed E-state index contributed by atoms with van der Waals surface area (Å²) in [7, 11) is 1.87. The lowest BCUT2D eigenvalue weighted by Gasteiger charge is -2.31. The first kappa shape index (κ1) is 17.9. The third-order valence-electron chi connectivity index (χ3n) is 7.13. The van der Waals surface area contributed by atoms with Gasteiger partial charge in [-0.3, -0.25) is 9.79 Å². The largest absolute Gasteiger partial charge is 0.351 e. The Labute approximate surface area is 176 Å². The van der Waals surface area contributed by atoms with Crippen LogP contribution in [0.2, 0.25) is 0 Å². The third-order valence-corrected chi connectivity index (χ3v) is 7.13. The molecule has 0 saturated heterocycles. The maximum Gasteiger partial charge on any atom is 0.234 e. The van der Waals surface area contributed by atoms with Gasteiger partial charge in [0, 0.05) is 31.5 Å². The van der Waals surface area contributed by atoms with Crippen LogP contribution in [-0.4, -0.2) is 41.7 Å². The van der Waals surface area contributed by atoms with Gasteiger partial charge in [-0.15, -0.1) is 0 Å². The molecule has 6 rings (SSSR count). The minimum Gasteiger partial charge on any atom is -0.351 e. The molecule has 2 saturated carbocycles. The second-order valence-corrected chi connectivity index (χ2v) is 9.12. The molecule has 2 fully saturated rings. The summed E-state index contributed by atoms with van der Waals surface area (Å²) in [5.41, 5.74) is 3.92. The summed E-state index contributed by atoms with van der Waals surface area (Å²) in [4.78, 5) is 31.2. The van der Waals surface area contributed by atoms with Crippen LogP contribution in [0, 0.1) is 5.41 Å². The molecule has 1 N–H and O–H groups in total. The first-order valence-corrected chi connectivity index (χ1v) is 10.9. The molecule has 7 nitrogen and oxygen atoms in total. The van der Waals surface area contributed by atoms with Gasteiger partial charge in [-0.2, -0.15) is 4.98 Å². The van der Waals surface area contributed by atoms with Crippen molar-refractivity contribution >= 4 is 35.3 Å². The van der Waals surface area contributed by atoms with E-state index in [1.807, 2.05) is 19.3 Å². The van der Waals surface area contributed by atoms with E-state index in [2.05, 4.69) is 32.3 Å². The van der Waals surface area contributed by atoms with Crippen LogP contribution in [0.5, 0.6) is 0 Å². The maximum atomic E-state index is 13.2. The van der Waals surface area contributed by atoms with Crippen molar-refractivity contribution in [1.29, 1.82) is 0 Å². The Balaban J connectivity index is 1.38. The molecule has 1 amide bonds. The summed E-state index contributed by atoms with van der Waals surface area (Å²) in [5.74, 6) is 1.67. The number of anilines is 4. The number of hydrogen-bond acceptors (Lipinski definition) is 6. The van der Waals surface area contributed by atoms with Crippen molar-refractivity contribution in [3.8, 4) is 0 Å². The van der Waals surface area contributed by atoms with Gasteiger partial charge in [-0.1, -0.05) is 18.9 Å². The van der Waals surface area contributed by atoms with Crippen molar-refractivity contribution in [2.24, 2.45) is 10.4 Å². The van der Waals surface area contributed by atoms with Gasteiger partial charge in [0.2, 0.25) is 11.9 Å². The van der Waals surface area contributed by atoms with Gasteiger partial charge in [-0.25, -0.2) is 4.98 Å². The van der Waals surface area contributed by atoms with Gasteiger partial charge < -0.3 is 15.1 Å². The molecule has 0 atom stereocenters. The summed E-state index contributed by atoms with van der Waals surface area (Å²) in [6, 6.07) is 6.69. The Bertz CT molecular complexity index is 1050. The lowest BCUT2D eigenvalue weighted by atomic mass is 10.0. The molecule has 7 heteroatoms. The number of aromatic nitrogens is 2. The van der Waals surface area contributed by atoms with Crippen LogP contribution in [0.25, 0.3) is 0 Å². The predicted octanol–water partition coefficient (Wildman–Crippen LogP) is 3.66. The average molecular weight is 403 g/mol. The van der Waals surface area contributed by atoms with E-state index in [1.165, 1.54) is 31.2 Å². The van der Waals surface area contributed by atoms with Crippen LogP contribution < -0.4 is 15.1 Å². The third kappa shape index (κ3) is 2.79. The maximum absolute atomic E-state index is 13.2. The van der Waals surface area contributed by atoms with Crippen molar-refractivity contribution in [3.63, 3.8) is 0 Å². The van der Waals surface area contributed by atoms with E-state index in [0.29, 0.717) is 12.0 Å². The van der Waals surface area contributed by atoms with Crippen LogP contribution >= 0.6 is 0 Å². The van der Waals surface area contributed by atoms with Crippen molar-refractivity contribution in [2.75, 3.05) is 28.7 Å². The van der Waals surface area contributed by atoms with Crippen molar-refractivity contribution in [2.45, 2.75) is 51.1 Å². The number of nitrogens with zero attached hydrogens (tertiary/aromatic N) is 5. The van der Waals surface area contributed by atoms with Gasteiger partial charge >= 0.3 is 0 Å². The fourth-order valence-corrected chi connectivity index (χ4v) is 5.16. The van der Waals surface area contributed by atoms with E-state index in [4.69, 9.17) is 4.98 Å².